The van der Waals surface area contributed by atoms with Crippen molar-refractivity contribution in [3.05, 3.63) is 59.0 Å². The Balaban J connectivity index is 1.53. The third kappa shape index (κ3) is 3.37. The lowest BCUT2D eigenvalue weighted by Gasteiger charge is -2.16. The summed E-state index contributed by atoms with van der Waals surface area (Å²) in [5.41, 5.74) is 8.12. The molecule has 0 amide bonds. The molecular weight excluding hydrogens is 383 g/mol. The molecule has 6 heteroatoms. The highest BCUT2D eigenvalue weighted by Crippen LogP contribution is 2.40. The Morgan fingerprint density at radius 1 is 1.17 bits per heavy atom. The first kappa shape index (κ1) is 16.7. The van der Waals surface area contributed by atoms with Crippen molar-refractivity contribution in [2.24, 2.45) is 5.73 Å². The summed E-state index contributed by atoms with van der Waals surface area (Å²) < 4.78 is 48.5. The van der Waals surface area contributed by atoms with Crippen molar-refractivity contribution in [1.29, 1.82) is 0 Å². The molecule has 5 nitrogen and oxygen atoms in total. The fourth-order valence-electron chi connectivity index (χ4n) is 3.57. The van der Waals surface area contributed by atoms with E-state index in [0.717, 1.165) is 17.6 Å². The number of halogens is 1. The fourth-order valence-corrected chi connectivity index (χ4v) is 3.57. The van der Waals surface area contributed by atoms with Crippen LogP contribution < -0.4 is 19.9 Å². The maximum atomic E-state index is 15.1. The smallest absolute Gasteiger partial charge is 0.173 e. The lowest BCUT2D eigenvalue weighted by molar-refractivity contribution is 0.264. The molecule has 1 heterocycles. The average Bonchev–Trinajstić information content (AvgIpc) is 3.40. The van der Waals surface area contributed by atoms with E-state index < -0.39 is 17.9 Å². The van der Waals surface area contributed by atoms with Crippen molar-refractivity contribution in [3.63, 3.8) is 0 Å². The molecule has 2 aliphatic rings. The van der Waals surface area contributed by atoms with Gasteiger partial charge in [-0.25, -0.2) is 4.39 Å². The molecule has 1 fully saturated rings. The predicted molar refractivity (Wildman–Crippen MR) is 114 cm³/mol. The number of hydrogen-bond acceptors (Lipinski definition) is 5. The van der Waals surface area contributed by atoms with Crippen LogP contribution in [0.4, 0.5) is 4.39 Å². The molecule has 3 aromatic rings. The zero-order valence-electron chi connectivity index (χ0n) is 18.8. The van der Waals surface area contributed by atoms with Crippen LogP contribution in [-0.2, 0) is 6.42 Å². The molecule has 0 radical (unpaired) electrons. The van der Waals surface area contributed by atoms with Crippen LogP contribution in [-0.4, -0.2) is 24.2 Å². The second kappa shape index (κ2) is 6.99. The summed E-state index contributed by atoms with van der Waals surface area (Å²) in [5, 5.41) is 0.581. The Morgan fingerprint density at radius 2 is 2.00 bits per heavy atom. The zero-order chi connectivity index (χ0) is 22.7. The molecule has 2 aromatic carbocycles. The van der Waals surface area contributed by atoms with Crippen molar-refractivity contribution in [2.45, 2.75) is 31.7 Å². The molecule has 0 spiro atoms. The number of methoxy groups -OCH3 is 1. The van der Waals surface area contributed by atoms with Crippen molar-refractivity contribution in [2.75, 3.05) is 13.7 Å². The first-order chi connectivity index (χ1) is 15.2. The minimum Gasteiger partial charge on any atom is -0.493 e. The van der Waals surface area contributed by atoms with E-state index in [-0.39, 0.29) is 11.5 Å². The molecule has 0 aliphatic heterocycles. The number of nitrogens with two attached hydrogens (primary N) is 1. The number of ether oxygens (including phenoxy) is 3. The van der Waals surface area contributed by atoms with Crippen LogP contribution in [0.15, 0.2) is 42.1 Å². The number of allylic oxidation sites excluding steroid dienone is 1. The standard InChI is InChI=1S/C24H23FN2O3/c1-14-9-15-3-4-20(23(25)16(15)10-14)30-19-5-8-27-18-12-22(21(28-2)11-17(18)19)29-13-24(26)6-7-24/h3-5,8,10-12H,6-7,9,13,26H2,1-2H3/i13D2. The first-order valence-corrected chi connectivity index (χ1v) is 9.82. The summed E-state index contributed by atoms with van der Waals surface area (Å²) in [6, 6.07) is 8.38. The number of hydrogen-bond donors (Lipinski definition) is 1. The van der Waals surface area contributed by atoms with Crippen LogP contribution in [0.1, 0.15) is 33.6 Å². The van der Waals surface area contributed by atoms with Crippen LogP contribution in [0.5, 0.6) is 23.0 Å². The molecule has 2 aliphatic carbocycles. The summed E-state index contributed by atoms with van der Waals surface area (Å²) >= 11 is 0. The molecular formula is C24H23FN2O3. The van der Waals surface area contributed by atoms with Crippen molar-refractivity contribution < 1.29 is 21.3 Å². The van der Waals surface area contributed by atoms with Gasteiger partial charge in [-0.1, -0.05) is 17.7 Å². The number of rotatable bonds is 6. The monoisotopic (exact) mass is 408 g/mol. The highest BCUT2D eigenvalue weighted by molar-refractivity contribution is 5.88. The van der Waals surface area contributed by atoms with Gasteiger partial charge in [0.25, 0.3) is 0 Å². The second-order valence-electron chi connectivity index (χ2n) is 7.91. The molecule has 5 rings (SSSR count). The molecule has 154 valence electrons. The molecule has 0 saturated heterocycles. The van der Waals surface area contributed by atoms with Gasteiger partial charge in [-0.15, -0.1) is 0 Å². The van der Waals surface area contributed by atoms with Gasteiger partial charge in [0.05, 0.1) is 20.9 Å². The Morgan fingerprint density at radius 3 is 2.77 bits per heavy atom. The van der Waals surface area contributed by atoms with E-state index in [1.54, 1.807) is 30.5 Å². The molecule has 1 saturated carbocycles. The molecule has 0 unspecified atom stereocenters. The van der Waals surface area contributed by atoms with Crippen LogP contribution in [0, 0.1) is 5.82 Å². The summed E-state index contributed by atoms with van der Waals surface area (Å²) in [6.45, 7) is -0.0817. The van der Waals surface area contributed by atoms with Gasteiger partial charge < -0.3 is 19.9 Å². The van der Waals surface area contributed by atoms with Gasteiger partial charge in [0.15, 0.2) is 23.1 Å². The summed E-state index contributed by atoms with van der Waals surface area (Å²) in [5.74, 6) is 0.615. The largest absolute Gasteiger partial charge is 0.493 e. The lowest BCUT2D eigenvalue weighted by atomic mass is 10.1. The third-order valence-corrected chi connectivity index (χ3v) is 5.45. The summed E-state index contributed by atoms with van der Waals surface area (Å²) in [6.07, 6.45) is 5.22. The number of pyridine rings is 1. The Kier molecular flexibility index (Phi) is 3.88. The lowest BCUT2D eigenvalue weighted by Crippen LogP contribution is -2.29. The minimum atomic E-state index is -2.05. The van der Waals surface area contributed by atoms with Crippen molar-refractivity contribution >= 4 is 17.0 Å². The number of nitrogens with zero attached hydrogens (tertiary/aromatic N) is 1. The normalized spacial score (nSPS) is 17.7. The fraction of sp³-hybridized carbons (Fsp3) is 0.292. The number of aromatic nitrogens is 1. The average molecular weight is 408 g/mol. The van der Waals surface area contributed by atoms with Crippen molar-refractivity contribution in [3.8, 4) is 23.0 Å². The Bertz CT molecular complexity index is 1270. The Hall–Kier alpha value is -3.12. The SMILES string of the molecule is [2H]C([2H])(Oc1cc2nccc(Oc3ccc4c(c3F)C=C(C)C4)c2cc1OC)C1(N)CC1. The van der Waals surface area contributed by atoms with Gasteiger partial charge in [-0.2, -0.15) is 0 Å². The molecule has 0 atom stereocenters. The van der Waals surface area contributed by atoms with E-state index in [4.69, 9.17) is 22.7 Å². The predicted octanol–water partition coefficient (Wildman–Crippen LogP) is 5.00. The molecule has 1 aromatic heterocycles. The second-order valence-corrected chi connectivity index (χ2v) is 7.91. The molecule has 2 N–H and O–H groups in total. The van der Waals surface area contributed by atoms with Crippen LogP contribution in [0.25, 0.3) is 17.0 Å². The van der Waals surface area contributed by atoms with E-state index in [0.29, 0.717) is 40.8 Å². The van der Waals surface area contributed by atoms with Gasteiger partial charge in [0, 0.05) is 23.2 Å². The van der Waals surface area contributed by atoms with Gasteiger partial charge in [0.1, 0.15) is 12.3 Å². The van der Waals surface area contributed by atoms with Crippen molar-refractivity contribution in [1.82, 2.24) is 4.98 Å². The van der Waals surface area contributed by atoms with Gasteiger partial charge in [-0.05, 0) is 49.9 Å². The van der Waals surface area contributed by atoms with Crippen LogP contribution >= 0.6 is 0 Å². The Labute approximate surface area is 177 Å². The van der Waals surface area contributed by atoms with E-state index in [1.807, 2.05) is 19.1 Å². The number of benzene rings is 2. The summed E-state index contributed by atoms with van der Waals surface area (Å²) in [7, 11) is 1.46. The molecule has 30 heavy (non-hydrogen) atoms. The third-order valence-electron chi connectivity index (χ3n) is 5.45. The van der Waals surface area contributed by atoms with E-state index >= 15 is 4.39 Å². The van der Waals surface area contributed by atoms with Gasteiger partial charge in [0.2, 0.25) is 0 Å². The zero-order valence-corrected chi connectivity index (χ0v) is 16.8. The highest BCUT2D eigenvalue weighted by Gasteiger charge is 2.39. The maximum absolute atomic E-state index is 15.1. The van der Waals surface area contributed by atoms with Crippen LogP contribution in [0.2, 0.25) is 0 Å². The van der Waals surface area contributed by atoms with E-state index in [9.17, 15) is 0 Å². The number of fused-ring (bicyclic) bond motifs is 2. The first-order valence-electron chi connectivity index (χ1n) is 10.8. The van der Waals surface area contributed by atoms with Gasteiger partial charge >= 0.3 is 0 Å². The topological polar surface area (TPSA) is 66.6 Å². The van der Waals surface area contributed by atoms with Gasteiger partial charge in [-0.3, -0.25) is 4.98 Å². The minimum absolute atomic E-state index is 0.122. The van der Waals surface area contributed by atoms with Crippen LogP contribution in [0.3, 0.4) is 0 Å². The highest BCUT2D eigenvalue weighted by atomic mass is 19.1. The summed E-state index contributed by atoms with van der Waals surface area (Å²) in [4.78, 5) is 4.35. The maximum Gasteiger partial charge on any atom is 0.173 e. The molecule has 0 bridgehead atoms. The van der Waals surface area contributed by atoms with E-state index in [1.165, 1.54) is 7.11 Å². The van der Waals surface area contributed by atoms with E-state index in [2.05, 4.69) is 4.98 Å². The quantitative estimate of drug-likeness (QED) is 0.621.